The van der Waals surface area contributed by atoms with Crippen LogP contribution in [0.1, 0.15) is 56.2 Å². The molecule has 2 N–H and O–H groups in total. The van der Waals surface area contributed by atoms with Crippen molar-refractivity contribution in [3.63, 3.8) is 0 Å². The predicted molar refractivity (Wildman–Crippen MR) is 131 cm³/mol. The topological polar surface area (TPSA) is 63.5 Å². The number of aliphatic hydroxyl groups is 1. The first kappa shape index (κ1) is 24.1. The summed E-state index contributed by atoms with van der Waals surface area (Å²) in [7, 11) is 1.66. The molecule has 0 atom stereocenters. The molecule has 0 spiro atoms. The van der Waals surface area contributed by atoms with Gasteiger partial charge in [-0.1, -0.05) is 52.3 Å². The SMILES string of the molecule is COc1ccc(C(C)(C)C)cc1Cn1c(C(=O)NCC(C)(C)CO)cc2cc(Cl)ccc21. The lowest BCUT2D eigenvalue weighted by atomic mass is 9.86. The van der Waals surface area contributed by atoms with Crippen molar-refractivity contribution >= 4 is 28.4 Å². The van der Waals surface area contributed by atoms with Gasteiger partial charge in [0.05, 0.1) is 13.7 Å². The molecular formula is C26H33ClN2O3. The normalized spacial score (nSPS) is 12.2. The Morgan fingerprint density at radius 1 is 1.09 bits per heavy atom. The summed E-state index contributed by atoms with van der Waals surface area (Å²) < 4.78 is 7.63. The van der Waals surface area contributed by atoms with Crippen molar-refractivity contribution in [2.24, 2.45) is 5.41 Å². The Balaban J connectivity index is 2.08. The van der Waals surface area contributed by atoms with E-state index in [1.54, 1.807) is 7.11 Å². The summed E-state index contributed by atoms with van der Waals surface area (Å²) in [5, 5.41) is 14.0. The van der Waals surface area contributed by atoms with Crippen molar-refractivity contribution in [2.75, 3.05) is 20.3 Å². The molecule has 0 bridgehead atoms. The average molecular weight is 457 g/mol. The molecule has 0 saturated carbocycles. The van der Waals surface area contributed by atoms with Crippen molar-refractivity contribution in [1.82, 2.24) is 9.88 Å². The quantitative estimate of drug-likeness (QED) is 0.500. The molecule has 32 heavy (non-hydrogen) atoms. The van der Waals surface area contributed by atoms with Crippen LogP contribution in [0.25, 0.3) is 10.9 Å². The fourth-order valence-corrected chi connectivity index (χ4v) is 3.79. The first-order chi connectivity index (χ1) is 14.9. The molecule has 0 unspecified atom stereocenters. The van der Waals surface area contributed by atoms with Crippen LogP contribution in [-0.4, -0.2) is 35.8 Å². The van der Waals surface area contributed by atoms with Gasteiger partial charge in [0.15, 0.2) is 0 Å². The van der Waals surface area contributed by atoms with E-state index < -0.39 is 5.41 Å². The number of carbonyl (C=O) groups is 1. The average Bonchev–Trinajstić information content (AvgIpc) is 3.08. The van der Waals surface area contributed by atoms with E-state index in [2.05, 4.69) is 38.2 Å². The summed E-state index contributed by atoms with van der Waals surface area (Å²) in [5.74, 6) is 0.589. The zero-order chi connectivity index (χ0) is 23.7. The summed E-state index contributed by atoms with van der Waals surface area (Å²) >= 11 is 6.22. The van der Waals surface area contributed by atoms with Crippen molar-refractivity contribution in [1.29, 1.82) is 0 Å². The number of ether oxygens (including phenoxy) is 1. The minimum absolute atomic E-state index is 0.0105. The Kier molecular flexibility index (Phi) is 6.91. The number of benzene rings is 2. The van der Waals surface area contributed by atoms with Crippen LogP contribution >= 0.6 is 11.6 Å². The molecule has 172 valence electrons. The number of nitrogens with zero attached hydrogens (tertiary/aromatic N) is 1. The number of amides is 1. The number of hydrogen-bond acceptors (Lipinski definition) is 3. The van der Waals surface area contributed by atoms with Gasteiger partial charge in [-0.05, 0) is 47.4 Å². The molecule has 1 aromatic heterocycles. The van der Waals surface area contributed by atoms with E-state index in [-0.39, 0.29) is 17.9 Å². The third-order valence-electron chi connectivity index (χ3n) is 5.73. The van der Waals surface area contributed by atoms with Crippen LogP contribution < -0.4 is 10.1 Å². The molecule has 2 aromatic carbocycles. The largest absolute Gasteiger partial charge is 0.496 e. The smallest absolute Gasteiger partial charge is 0.267 e. The standard InChI is InChI=1S/C26H33ClN2O3/c1-25(2,3)19-7-10-23(32-6)18(11-19)14-29-21-9-8-20(27)12-17(21)13-22(29)24(31)28-15-26(4,5)16-30/h7-13,30H,14-16H2,1-6H3,(H,28,31). The van der Waals surface area contributed by atoms with Gasteiger partial charge >= 0.3 is 0 Å². The van der Waals surface area contributed by atoms with Gasteiger partial charge in [-0.2, -0.15) is 0 Å². The Morgan fingerprint density at radius 2 is 1.81 bits per heavy atom. The van der Waals surface area contributed by atoms with Gasteiger partial charge < -0.3 is 19.7 Å². The van der Waals surface area contributed by atoms with Crippen LogP contribution in [0.2, 0.25) is 5.02 Å². The molecule has 1 amide bonds. The molecule has 0 saturated heterocycles. The van der Waals surface area contributed by atoms with Crippen LogP contribution in [0.3, 0.4) is 0 Å². The van der Waals surface area contributed by atoms with Gasteiger partial charge in [-0.15, -0.1) is 0 Å². The molecule has 3 rings (SSSR count). The predicted octanol–water partition coefficient (Wildman–Crippen LogP) is 5.40. The lowest BCUT2D eigenvalue weighted by Crippen LogP contribution is -2.36. The minimum Gasteiger partial charge on any atom is -0.496 e. The van der Waals surface area contributed by atoms with Gasteiger partial charge in [-0.25, -0.2) is 0 Å². The molecule has 0 aliphatic carbocycles. The molecular weight excluding hydrogens is 424 g/mol. The third-order valence-corrected chi connectivity index (χ3v) is 5.96. The zero-order valence-electron chi connectivity index (χ0n) is 19.8. The number of aromatic nitrogens is 1. The number of nitrogens with one attached hydrogen (secondary N) is 1. The summed E-state index contributed by atoms with van der Waals surface area (Å²) in [4.78, 5) is 13.2. The summed E-state index contributed by atoms with van der Waals surface area (Å²) in [6, 6.07) is 13.7. The van der Waals surface area contributed by atoms with Crippen LogP contribution in [0.4, 0.5) is 0 Å². The van der Waals surface area contributed by atoms with Crippen molar-refractivity contribution in [2.45, 2.75) is 46.6 Å². The molecule has 0 fully saturated rings. The fourth-order valence-electron chi connectivity index (χ4n) is 3.61. The summed E-state index contributed by atoms with van der Waals surface area (Å²) in [5.41, 5.74) is 3.24. The van der Waals surface area contributed by atoms with E-state index in [0.29, 0.717) is 23.8 Å². The maximum absolute atomic E-state index is 13.2. The number of hydrogen-bond donors (Lipinski definition) is 2. The monoisotopic (exact) mass is 456 g/mol. The van der Waals surface area contributed by atoms with Crippen LogP contribution in [0, 0.1) is 5.41 Å². The van der Waals surface area contributed by atoms with Gasteiger partial charge in [0.25, 0.3) is 5.91 Å². The highest BCUT2D eigenvalue weighted by atomic mass is 35.5. The molecule has 3 aromatic rings. The van der Waals surface area contributed by atoms with Crippen molar-refractivity contribution < 1.29 is 14.6 Å². The first-order valence-corrected chi connectivity index (χ1v) is 11.2. The van der Waals surface area contributed by atoms with Crippen molar-refractivity contribution in [3.05, 3.63) is 64.3 Å². The maximum Gasteiger partial charge on any atom is 0.267 e. The highest BCUT2D eigenvalue weighted by Gasteiger charge is 2.22. The Bertz CT molecular complexity index is 1130. The first-order valence-electron chi connectivity index (χ1n) is 10.8. The minimum atomic E-state index is -0.403. The van der Waals surface area contributed by atoms with Gasteiger partial charge in [0.2, 0.25) is 0 Å². The van der Waals surface area contributed by atoms with E-state index in [0.717, 1.165) is 22.2 Å². The second-order valence-corrected chi connectivity index (χ2v) is 10.5. The zero-order valence-corrected chi connectivity index (χ0v) is 20.5. The van der Waals surface area contributed by atoms with E-state index in [9.17, 15) is 9.90 Å². The second kappa shape index (κ2) is 9.16. The summed E-state index contributed by atoms with van der Waals surface area (Å²) in [6.45, 7) is 11.2. The van der Waals surface area contributed by atoms with E-state index >= 15 is 0 Å². The lowest BCUT2D eigenvalue weighted by Gasteiger charge is -2.23. The third kappa shape index (κ3) is 5.28. The fraction of sp³-hybridized carbons (Fsp3) is 0.423. The molecule has 0 aliphatic rings. The number of rotatable bonds is 7. The number of aliphatic hydroxyl groups excluding tert-OH is 1. The maximum atomic E-state index is 13.2. The van der Waals surface area contributed by atoms with Crippen LogP contribution in [-0.2, 0) is 12.0 Å². The van der Waals surface area contributed by atoms with Gasteiger partial charge in [0, 0.05) is 40.1 Å². The molecule has 0 radical (unpaired) electrons. The highest BCUT2D eigenvalue weighted by molar-refractivity contribution is 6.31. The Labute approximate surface area is 195 Å². The van der Waals surface area contributed by atoms with Gasteiger partial charge in [0.1, 0.15) is 11.4 Å². The van der Waals surface area contributed by atoms with Crippen LogP contribution in [0.5, 0.6) is 5.75 Å². The van der Waals surface area contributed by atoms with E-state index in [1.807, 2.05) is 48.7 Å². The summed E-state index contributed by atoms with van der Waals surface area (Å²) in [6.07, 6.45) is 0. The lowest BCUT2D eigenvalue weighted by molar-refractivity contribution is 0.0902. The number of fused-ring (bicyclic) bond motifs is 1. The van der Waals surface area contributed by atoms with E-state index in [1.165, 1.54) is 5.56 Å². The number of methoxy groups -OCH3 is 1. The highest BCUT2D eigenvalue weighted by Crippen LogP contribution is 2.31. The van der Waals surface area contributed by atoms with Gasteiger partial charge in [-0.3, -0.25) is 4.79 Å². The van der Waals surface area contributed by atoms with E-state index in [4.69, 9.17) is 16.3 Å². The molecule has 0 aliphatic heterocycles. The Hall–Kier alpha value is -2.50. The molecule has 1 heterocycles. The second-order valence-electron chi connectivity index (χ2n) is 10.1. The number of halogens is 1. The molecule has 5 nitrogen and oxygen atoms in total. The number of carbonyl (C=O) groups excluding carboxylic acids is 1. The Morgan fingerprint density at radius 3 is 2.44 bits per heavy atom. The van der Waals surface area contributed by atoms with Crippen LogP contribution in [0.15, 0.2) is 42.5 Å². The molecule has 6 heteroatoms. The van der Waals surface area contributed by atoms with Crippen molar-refractivity contribution in [3.8, 4) is 5.75 Å².